The molecule has 7 heteroatoms. The van der Waals surface area contributed by atoms with Gasteiger partial charge in [-0.1, -0.05) is 72.8 Å². The molecule has 0 spiro atoms. The van der Waals surface area contributed by atoms with E-state index in [2.05, 4.69) is 10.6 Å². The van der Waals surface area contributed by atoms with E-state index in [4.69, 9.17) is 14.2 Å². The summed E-state index contributed by atoms with van der Waals surface area (Å²) in [5.74, 6) is -0.218. The number of rotatable bonds is 14. The van der Waals surface area contributed by atoms with E-state index in [1.807, 2.05) is 84.9 Å². The molecule has 192 valence electrons. The Hall–Kier alpha value is -3.78. The lowest BCUT2D eigenvalue weighted by Gasteiger charge is -2.10. The predicted octanol–water partition coefficient (Wildman–Crippen LogP) is 4.20. The van der Waals surface area contributed by atoms with Gasteiger partial charge in [0.1, 0.15) is 0 Å². The standard InChI is InChI=1S/C30H32N2O5/c33-29(27-13-5-9-23-7-1-3-11-25(23)27)31-15-17-35-19-21-37-22-20-36-18-16-32-30(34)28-14-6-10-24-8-2-4-12-26(24)28/h1-14H,15-22H2,(H,31,33)(H,32,34). The molecule has 4 aromatic rings. The first-order chi connectivity index (χ1) is 18.2. The molecule has 0 radical (unpaired) electrons. The van der Waals surface area contributed by atoms with Gasteiger partial charge >= 0.3 is 0 Å². The highest BCUT2D eigenvalue weighted by Crippen LogP contribution is 2.19. The largest absolute Gasteiger partial charge is 0.377 e. The summed E-state index contributed by atoms with van der Waals surface area (Å²) in [5.41, 5.74) is 1.32. The average Bonchev–Trinajstić information content (AvgIpc) is 2.94. The number of ether oxygens (including phenoxy) is 3. The minimum atomic E-state index is -0.109. The van der Waals surface area contributed by atoms with Gasteiger partial charge < -0.3 is 24.8 Å². The third-order valence-electron chi connectivity index (χ3n) is 5.88. The van der Waals surface area contributed by atoms with Gasteiger partial charge in [-0.2, -0.15) is 0 Å². The summed E-state index contributed by atoms with van der Waals surface area (Å²) in [7, 11) is 0. The number of hydrogen-bond acceptors (Lipinski definition) is 5. The summed E-state index contributed by atoms with van der Waals surface area (Å²) in [6, 6.07) is 27.1. The van der Waals surface area contributed by atoms with E-state index < -0.39 is 0 Å². The maximum Gasteiger partial charge on any atom is 0.251 e. The second-order valence-corrected chi connectivity index (χ2v) is 8.40. The maximum atomic E-state index is 12.5. The Morgan fingerprint density at radius 1 is 0.486 bits per heavy atom. The normalized spacial score (nSPS) is 11.0. The molecule has 0 fully saturated rings. The van der Waals surface area contributed by atoms with E-state index in [-0.39, 0.29) is 11.8 Å². The molecule has 0 aliphatic rings. The summed E-state index contributed by atoms with van der Waals surface area (Å²) in [6.07, 6.45) is 0. The SMILES string of the molecule is O=C(NCCOCCOCCOCCNC(=O)c1cccc2ccccc12)c1cccc2ccccc12. The van der Waals surface area contributed by atoms with Crippen molar-refractivity contribution in [2.24, 2.45) is 0 Å². The van der Waals surface area contributed by atoms with Crippen molar-refractivity contribution in [3.05, 3.63) is 96.1 Å². The Labute approximate surface area is 216 Å². The molecule has 0 aromatic heterocycles. The van der Waals surface area contributed by atoms with Crippen LogP contribution >= 0.6 is 0 Å². The topological polar surface area (TPSA) is 85.9 Å². The van der Waals surface area contributed by atoms with Crippen molar-refractivity contribution in [3.63, 3.8) is 0 Å². The Bertz CT molecular complexity index is 1210. The molecule has 2 amide bonds. The van der Waals surface area contributed by atoms with Crippen LogP contribution in [0.1, 0.15) is 20.7 Å². The van der Waals surface area contributed by atoms with Crippen molar-refractivity contribution in [3.8, 4) is 0 Å². The molecule has 0 saturated carbocycles. The van der Waals surface area contributed by atoms with Crippen LogP contribution in [-0.4, -0.2) is 64.5 Å². The second-order valence-electron chi connectivity index (χ2n) is 8.40. The van der Waals surface area contributed by atoms with Crippen molar-refractivity contribution in [1.82, 2.24) is 10.6 Å². The first-order valence-electron chi connectivity index (χ1n) is 12.5. The van der Waals surface area contributed by atoms with Crippen molar-refractivity contribution in [2.75, 3.05) is 52.7 Å². The van der Waals surface area contributed by atoms with Crippen LogP contribution in [0.4, 0.5) is 0 Å². The lowest BCUT2D eigenvalue weighted by molar-refractivity contribution is 0.0157. The van der Waals surface area contributed by atoms with Crippen LogP contribution in [0.3, 0.4) is 0 Å². The molecule has 0 unspecified atom stereocenters. The van der Waals surface area contributed by atoms with Crippen LogP contribution in [0.15, 0.2) is 84.9 Å². The highest BCUT2D eigenvalue weighted by molar-refractivity contribution is 6.07. The fraction of sp³-hybridized carbons (Fsp3) is 0.267. The molecule has 0 saturated heterocycles. The summed E-state index contributed by atoms with van der Waals surface area (Å²) >= 11 is 0. The van der Waals surface area contributed by atoms with Gasteiger partial charge in [0.05, 0.1) is 39.6 Å². The van der Waals surface area contributed by atoms with E-state index in [1.165, 1.54) is 0 Å². The van der Waals surface area contributed by atoms with Gasteiger partial charge in [-0.15, -0.1) is 0 Å². The van der Waals surface area contributed by atoms with Crippen LogP contribution in [0.25, 0.3) is 21.5 Å². The van der Waals surface area contributed by atoms with Crippen molar-refractivity contribution >= 4 is 33.4 Å². The zero-order chi connectivity index (χ0) is 25.7. The fourth-order valence-electron chi connectivity index (χ4n) is 4.05. The highest BCUT2D eigenvalue weighted by Gasteiger charge is 2.09. The second kappa shape index (κ2) is 14.1. The fourth-order valence-corrected chi connectivity index (χ4v) is 4.05. The highest BCUT2D eigenvalue weighted by atomic mass is 16.5. The van der Waals surface area contributed by atoms with Gasteiger partial charge in [0.25, 0.3) is 11.8 Å². The quantitative estimate of drug-likeness (QED) is 0.254. The molecule has 4 rings (SSSR count). The minimum Gasteiger partial charge on any atom is -0.377 e. The molecule has 2 N–H and O–H groups in total. The van der Waals surface area contributed by atoms with Crippen LogP contribution < -0.4 is 10.6 Å². The number of amides is 2. The maximum absolute atomic E-state index is 12.5. The molecule has 4 aromatic carbocycles. The summed E-state index contributed by atoms with van der Waals surface area (Å²) in [5, 5.41) is 9.74. The summed E-state index contributed by atoms with van der Waals surface area (Å²) in [6.45, 7) is 3.43. The monoisotopic (exact) mass is 500 g/mol. The number of benzene rings is 4. The molecular weight excluding hydrogens is 468 g/mol. The molecule has 0 aliphatic carbocycles. The Morgan fingerprint density at radius 2 is 0.865 bits per heavy atom. The predicted molar refractivity (Wildman–Crippen MR) is 145 cm³/mol. The number of carbonyl (C=O) groups excluding carboxylic acids is 2. The van der Waals surface area contributed by atoms with Crippen LogP contribution in [0, 0.1) is 0 Å². The molecule has 37 heavy (non-hydrogen) atoms. The first kappa shape index (κ1) is 26.3. The van der Waals surface area contributed by atoms with Crippen molar-refractivity contribution in [1.29, 1.82) is 0 Å². The molecule has 0 heterocycles. The Balaban J connectivity index is 0.996. The van der Waals surface area contributed by atoms with E-state index in [0.29, 0.717) is 63.9 Å². The average molecular weight is 501 g/mol. The summed E-state index contributed by atoms with van der Waals surface area (Å²) < 4.78 is 16.5. The van der Waals surface area contributed by atoms with E-state index in [9.17, 15) is 9.59 Å². The Morgan fingerprint density at radius 3 is 1.32 bits per heavy atom. The smallest absolute Gasteiger partial charge is 0.251 e. The van der Waals surface area contributed by atoms with Gasteiger partial charge in [0, 0.05) is 24.2 Å². The third kappa shape index (κ3) is 7.60. The van der Waals surface area contributed by atoms with Gasteiger partial charge in [-0.05, 0) is 33.7 Å². The number of carbonyl (C=O) groups is 2. The van der Waals surface area contributed by atoms with Crippen LogP contribution in [0.2, 0.25) is 0 Å². The van der Waals surface area contributed by atoms with Gasteiger partial charge in [-0.3, -0.25) is 9.59 Å². The zero-order valence-electron chi connectivity index (χ0n) is 20.8. The Kier molecular flexibility index (Phi) is 10.0. The van der Waals surface area contributed by atoms with E-state index >= 15 is 0 Å². The number of nitrogens with one attached hydrogen (secondary N) is 2. The molecule has 0 atom stereocenters. The first-order valence-corrected chi connectivity index (χ1v) is 12.5. The third-order valence-corrected chi connectivity index (χ3v) is 5.88. The van der Waals surface area contributed by atoms with Gasteiger partial charge in [0.2, 0.25) is 0 Å². The number of hydrogen-bond donors (Lipinski definition) is 2. The number of fused-ring (bicyclic) bond motifs is 2. The zero-order valence-corrected chi connectivity index (χ0v) is 20.8. The molecule has 0 aliphatic heterocycles. The van der Waals surface area contributed by atoms with Crippen molar-refractivity contribution < 1.29 is 23.8 Å². The lowest BCUT2D eigenvalue weighted by atomic mass is 10.0. The molecule has 7 nitrogen and oxygen atoms in total. The molecule has 0 bridgehead atoms. The van der Waals surface area contributed by atoms with Crippen LogP contribution in [-0.2, 0) is 14.2 Å². The molecular formula is C30H32N2O5. The lowest BCUT2D eigenvalue weighted by Crippen LogP contribution is -2.28. The van der Waals surface area contributed by atoms with Crippen molar-refractivity contribution in [2.45, 2.75) is 0 Å². The van der Waals surface area contributed by atoms with Gasteiger partial charge in [-0.25, -0.2) is 0 Å². The summed E-state index contributed by atoms with van der Waals surface area (Å²) in [4.78, 5) is 24.9. The van der Waals surface area contributed by atoms with E-state index in [1.54, 1.807) is 0 Å². The van der Waals surface area contributed by atoms with Gasteiger partial charge in [0.15, 0.2) is 0 Å². The van der Waals surface area contributed by atoms with Crippen LogP contribution in [0.5, 0.6) is 0 Å². The van der Waals surface area contributed by atoms with E-state index in [0.717, 1.165) is 21.5 Å². The minimum absolute atomic E-state index is 0.109.